The SMILES string of the molecule is O=[C]CC(Br)C=O. The van der Waals surface area contributed by atoms with Crippen LogP contribution in [0.25, 0.3) is 0 Å². The highest BCUT2D eigenvalue weighted by molar-refractivity contribution is 9.09. The second kappa shape index (κ2) is 3.99. The summed E-state index contributed by atoms with van der Waals surface area (Å²) in [6.07, 6.45) is 2.39. The Balaban J connectivity index is 3.15. The van der Waals surface area contributed by atoms with Crippen molar-refractivity contribution in [1.29, 1.82) is 0 Å². The molecule has 0 aliphatic rings. The standard InChI is InChI=1S/C4H4BrO2/c5-4(3-7)1-2-6/h3-4H,1H2. The highest BCUT2D eigenvalue weighted by atomic mass is 79.9. The van der Waals surface area contributed by atoms with Gasteiger partial charge in [0.2, 0.25) is 0 Å². The maximum absolute atomic E-state index is 9.67. The minimum atomic E-state index is -0.343. The van der Waals surface area contributed by atoms with Crippen molar-refractivity contribution in [3.8, 4) is 0 Å². The molecule has 3 heteroatoms. The lowest BCUT2D eigenvalue weighted by Crippen LogP contribution is -1.97. The molecule has 0 spiro atoms. The van der Waals surface area contributed by atoms with Crippen LogP contribution >= 0.6 is 15.9 Å². The van der Waals surface area contributed by atoms with Crippen LogP contribution in [0.5, 0.6) is 0 Å². The average molecular weight is 164 g/mol. The maximum Gasteiger partial charge on any atom is 0.199 e. The summed E-state index contributed by atoms with van der Waals surface area (Å²) < 4.78 is 0. The van der Waals surface area contributed by atoms with Gasteiger partial charge < -0.3 is 4.79 Å². The Bertz CT molecular complexity index is 72.1. The molecule has 0 heterocycles. The molecule has 0 rings (SSSR count). The van der Waals surface area contributed by atoms with E-state index in [9.17, 15) is 9.59 Å². The molecule has 0 saturated carbocycles. The molecule has 1 unspecified atom stereocenters. The summed E-state index contributed by atoms with van der Waals surface area (Å²) in [6.45, 7) is 0. The van der Waals surface area contributed by atoms with Crippen LogP contribution in [-0.4, -0.2) is 17.4 Å². The third-order valence-electron chi connectivity index (χ3n) is 0.426. The second-order valence-electron chi connectivity index (χ2n) is 1.00. The Labute approximate surface area is 50.0 Å². The van der Waals surface area contributed by atoms with Gasteiger partial charge in [-0.05, 0) is 0 Å². The molecule has 0 aliphatic heterocycles. The highest BCUT2D eigenvalue weighted by Gasteiger charge is 1.97. The van der Waals surface area contributed by atoms with Crippen LogP contribution in [-0.2, 0) is 9.59 Å². The molecule has 2 nitrogen and oxygen atoms in total. The smallest absolute Gasteiger partial charge is 0.199 e. The van der Waals surface area contributed by atoms with Gasteiger partial charge in [0.05, 0.1) is 4.83 Å². The van der Waals surface area contributed by atoms with Crippen LogP contribution in [0.1, 0.15) is 6.42 Å². The molecule has 0 saturated heterocycles. The van der Waals surface area contributed by atoms with Crippen molar-refractivity contribution in [3.05, 3.63) is 0 Å². The van der Waals surface area contributed by atoms with E-state index in [1.165, 1.54) is 0 Å². The Kier molecular flexibility index (Phi) is 3.89. The fourth-order valence-electron chi connectivity index (χ4n) is 0.128. The minimum absolute atomic E-state index is 0.142. The van der Waals surface area contributed by atoms with E-state index in [1.54, 1.807) is 6.29 Å². The first-order chi connectivity index (χ1) is 3.31. The molecule has 0 aliphatic carbocycles. The zero-order chi connectivity index (χ0) is 5.70. The number of alkyl halides is 1. The van der Waals surface area contributed by atoms with E-state index in [-0.39, 0.29) is 11.2 Å². The summed E-state index contributed by atoms with van der Waals surface area (Å²) in [6, 6.07) is 0. The Morgan fingerprint density at radius 3 is 2.57 bits per heavy atom. The van der Waals surface area contributed by atoms with Crippen molar-refractivity contribution in [1.82, 2.24) is 0 Å². The molecule has 0 N–H and O–H groups in total. The van der Waals surface area contributed by atoms with Gasteiger partial charge in [0, 0.05) is 6.42 Å². The first kappa shape index (κ1) is 6.82. The number of halogens is 1. The quantitative estimate of drug-likeness (QED) is 0.448. The van der Waals surface area contributed by atoms with Crippen LogP contribution < -0.4 is 0 Å². The Hall–Kier alpha value is -0.180. The molecule has 1 atom stereocenters. The summed E-state index contributed by atoms with van der Waals surface area (Å²) in [7, 11) is 0. The van der Waals surface area contributed by atoms with Gasteiger partial charge in [-0.2, -0.15) is 0 Å². The lowest BCUT2D eigenvalue weighted by molar-refractivity contribution is -0.107. The lowest BCUT2D eigenvalue weighted by Gasteiger charge is -1.85. The number of carbonyl (C=O) groups excluding carboxylic acids is 2. The first-order valence-corrected chi connectivity index (χ1v) is 2.67. The van der Waals surface area contributed by atoms with Crippen LogP contribution in [0.15, 0.2) is 0 Å². The number of hydrogen-bond donors (Lipinski definition) is 0. The summed E-state index contributed by atoms with van der Waals surface area (Å²) in [5.41, 5.74) is 0. The molecule has 0 aromatic rings. The van der Waals surface area contributed by atoms with Crippen molar-refractivity contribution < 1.29 is 9.59 Å². The summed E-state index contributed by atoms with van der Waals surface area (Å²) in [5, 5.41) is 0. The normalized spacial score (nSPS) is 12.7. The van der Waals surface area contributed by atoms with Gasteiger partial charge in [-0.25, -0.2) is 0 Å². The van der Waals surface area contributed by atoms with Gasteiger partial charge in [-0.1, -0.05) is 15.9 Å². The number of carbonyl (C=O) groups is 1. The Morgan fingerprint density at radius 1 is 1.86 bits per heavy atom. The minimum Gasteiger partial charge on any atom is -0.302 e. The van der Waals surface area contributed by atoms with Crippen molar-refractivity contribution >= 4 is 28.5 Å². The average Bonchev–Trinajstić information content (AvgIpc) is 1.68. The third-order valence-corrected chi connectivity index (χ3v) is 0.966. The van der Waals surface area contributed by atoms with E-state index in [1.807, 2.05) is 0 Å². The highest BCUT2D eigenvalue weighted by Crippen LogP contribution is 1.96. The summed E-state index contributed by atoms with van der Waals surface area (Å²) in [4.78, 5) is 18.8. The van der Waals surface area contributed by atoms with Crippen LogP contribution in [0, 0.1) is 0 Å². The van der Waals surface area contributed by atoms with Gasteiger partial charge in [0.15, 0.2) is 6.29 Å². The van der Waals surface area contributed by atoms with E-state index >= 15 is 0 Å². The molecule has 39 valence electrons. The molecule has 0 aromatic carbocycles. The molecule has 0 amide bonds. The topological polar surface area (TPSA) is 34.1 Å². The summed E-state index contributed by atoms with van der Waals surface area (Å²) >= 11 is 2.91. The van der Waals surface area contributed by atoms with E-state index in [0.29, 0.717) is 6.29 Å². The Morgan fingerprint density at radius 2 is 2.43 bits per heavy atom. The van der Waals surface area contributed by atoms with Gasteiger partial charge in [0.1, 0.15) is 6.29 Å². The van der Waals surface area contributed by atoms with Crippen LogP contribution in [0.2, 0.25) is 0 Å². The van der Waals surface area contributed by atoms with Crippen molar-refractivity contribution in [2.24, 2.45) is 0 Å². The predicted molar refractivity (Wildman–Crippen MR) is 29.1 cm³/mol. The number of hydrogen-bond acceptors (Lipinski definition) is 2. The van der Waals surface area contributed by atoms with Crippen molar-refractivity contribution in [2.45, 2.75) is 11.2 Å². The van der Waals surface area contributed by atoms with E-state index in [0.717, 1.165) is 0 Å². The van der Waals surface area contributed by atoms with Gasteiger partial charge in [-0.3, -0.25) is 4.79 Å². The van der Waals surface area contributed by atoms with Crippen LogP contribution in [0.3, 0.4) is 0 Å². The number of rotatable bonds is 3. The third kappa shape index (κ3) is 3.66. The predicted octanol–water partition coefficient (Wildman–Crippen LogP) is 0.449. The monoisotopic (exact) mass is 163 g/mol. The van der Waals surface area contributed by atoms with Crippen LogP contribution in [0.4, 0.5) is 0 Å². The van der Waals surface area contributed by atoms with E-state index in [4.69, 9.17) is 0 Å². The maximum atomic E-state index is 9.67. The number of aldehydes is 1. The molecule has 7 heavy (non-hydrogen) atoms. The zero-order valence-electron chi connectivity index (χ0n) is 3.56. The van der Waals surface area contributed by atoms with Gasteiger partial charge in [0.25, 0.3) is 0 Å². The molecular formula is C4H4BrO2. The molecule has 0 aromatic heterocycles. The molecule has 0 bridgehead atoms. The van der Waals surface area contributed by atoms with E-state index in [2.05, 4.69) is 15.9 Å². The zero-order valence-corrected chi connectivity index (χ0v) is 5.14. The first-order valence-electron chi connectivity index (χ1n) is 1.75. The fourth-order valence-corrected chi connectivity index (χ4v) is 0.260. The second-order valence-corrected chi connectivity index (χ2v) is 2.18. The van der Waals surface area contributed by atoms with Crippen molar-refractivity contribution in [3.63, 3.8) is 0 Å². The van der Waals surface area contributed by atoms with Crippen molar-refractivity contribution in [2.75, 3.05) is 0 Å². The summed E-state index contributed by atoms with van der Waals surface area (Å²) in [5.74, 6) is 0. The lowest BCUT2D eigenvalue weighted by atomic mass is 10.4. The largest absolute Gasteiger partial charge is 0.302 e. The fraction of sp³-hybridized carbons (Fsp3) is 0.500. The molecule has 0 fully saturated rings. The van der Waals surface area contributed by atoms with Gasteiger partial charge in [-0.15, -0.1) is 0 Å². The molecule has 1 radical (unpaired) electrons. The van der Waals surface area contributed by atoms with Gasteiger partial charge >= 0.3 is 0 Å². The molecular weight excluding hydrogens is 160 g/mol. The van der Waals surface area contributed by atoms with E-state index < -0.39 is 0 Å².